The first-order valence-corrected chi connectivity index (χ1v) is 9.53. The summed E-state index contributed by atoms with van der Waals surface area (Å²) in [6.45, 7) is 4.36. The Morgan fingerprint density at radius 1 is 0.643 bits per heavy atom. The molecule has 2 nitrogen and oxygen atoms in total. The lowest BCUT2D eigenvalue weighted by atomic mass is 9.90. The molecular weight excluding hydrogens is 340 g/mol. The van der Waals surface area contributed by atoms with E-state index in [1.54, 1.807) is 0 Å². The summed E-state index contributed by atoms with van der Waals surface area (Å²) in [5.74, 6) is 0. The minimum absolute atomic E-state index is 0.970. The third-order valence-electron chi connectivity index (χ3n) is 5.60. The van der Waals surface area contributed by atoms with Crippen LogP contribution in [0.4, 0.5) is 0 Å². The highest BCUT2D eigenvalue weighted by Gasteiger charge is 2.15. The van der Waals surface area contributed by atoms with Gasteiger partial charge in [0.25, 0.3) is 0 Å². The number of fused-ring (bicyclic) bond motifs is 3. The maximum atomic E-state index is 4.58. The van der Waals surface area contributed by atoms with Crippen LogP contribution in [0.15, 0.2) is 85.1 Å². The van der Waals surface area contributed by atoms with E-state index in [-0.39, 0.29) is 0 Å². The Balaban J connectivity index is 1.90. The van der Waals surface area contributed by atoms with Crippen molar-refractivity contribution >= 4 is 21.7 Å². The summed E-state index contributed by atoms with van der Waals surface area (Å²) in [7, 11) is 0. The summed E-state index contributed by atoms with van der Waals surface area (Å²) in [6.07, 6.45) is 1.87. The van der Waals surface area contributed by atoms with E-state index in [4.69, 9.17) is 0 Å². The molecule has 0 aliphatic rings. The third-order valence-corrected chi connectivity index (χ3v) is 5.60. The van der Waals surface area contributed by atoms with Crippen LogP contribution in [0, 0.1) is 13.8 Å². The molecule has 0 aliphatic carbocycles. The van der Waals surface area contributed by atoms with Gasteiger partial charge in [-0.1, -0.05) is 78.9 Å². The maximum absolute atomic E-state index is 4.58. The molecule has 0 fully saturated rings. The lowest BCUT2D eigenvalue weighted by Crippen LogP contribution is -1.94. The van der Waals surface area contributed by atoms with Gasteiger partial charge in [-0.3, -0.25) is 0 Å². The second-order valence-corrected chi connectivity index (χ2v) is 7.24. The van der Waals surface area contributed by atoms with E-state index >= 15 is 0 Å². The monoisotopic (exact) mass is 360 g/mol. The van der Waals surface area contributed by atoms with Gasteiger partial charge in [-0.15, -0.1) is 5.10 Å². The van der Waals surface area contributed by atoms with E-state index in [0.717, 1.165) is 22.0 Å². The van der Waals surface area contributed by atoms with Gasteiger partial charge in [0.05, 0.1) is 6.20 Å². The molecule has 0 unspecified atom stereocenters. The smallest absolute Gasteiger partial charge is 0.102 e. The van der Waals surface area contributed by atoms with E-state index in [0.29, 0.717) is 0 Å². The predicted octanol–water partition coefficient (Wildman–Crippen LogP) is 6.73. The molecular formula is C26H20N2. The van der Waals surface area contributed by atoms with Crippen LogP contribution in [-0.2, 0) is 0 Å². The van der Waals surface area contributed by atoms with Crippen LogP contribution in [0.1, 0.15) is 11.1 Å². The summed E-state index contributed by atoms with van der Waals surface area (Å²) < 4.78 is 0. The second-order valence-electron chi connectivity index (χ2n) is 7.24. The Morgan fingerprint density at radius 3 is 1.93 bits per heavy atom. The Kier molecular flexibility index (Phi) is 3.91. The van der Waals surface area contributed by atoms with Crippen molar-refractivity contribution in [2.45, 2.75) is 13.8 Å². The molecule has 0 bridgehead atoms. The average Bonchev–Trinajstić information content (AvgIpc) is 2.76. The highest BCUT2D eigenvalue weighted by molar-refractivity contribution is 6.15. The lowest BCUT2D eigenvalue weighted by Gasteiger charge is -2.15. The van der Waals surface area contributed by atoms with E-state index in [1.807, 2.05) is 12.3 Å². The van der Waals surface area contributed by atoms with Crippen molar-refractivity contribution in [2.75, 3.05) is 0 Å². The van der Waals surface area contributed by atoms with Crippen molar-refractivity contribution in [3.05, 3.63) is 96.2 Å². The number of rotatable bonds is 2. The molecule has 0 saturated carbocycles. The molecule has 1 heterocycles. The number of aromatic nitrogens is 2. The number of benzene rings is 4. The zero-order valence-corrected chi connectivity index (χ0v) is 16.0. The van der Waals surface area contributed by atoms with Crippen molar-refractivity contribution in [1.29, 1.82) is 0 Å². The van der Waals surface area contributed by atoms with Crippen molar-refractivity contribution in [2.24, 2.45) is 0 Å². The second kappa shape index (κ2) is 6.58. The van der Waals surface area contributed by atoms with Crippen molar-refractivity contribution in [3.63, 3.8) is 0 Å². The van der Waals surface area contributed by atoms with Gasteiger partial charge in [0.1, 0.15) is 5.52 Å². The highest BCUT2D eigenvalue weighted by Crippen LogP contribution is 2.38. The largest absolute Gasteiger partial charge is 0.158 e. The van der Waals surface area contributed by atoms with Gasteiger partial charge >= 0.3 is 0 Å². The molecule has 0 spiro atoms. The van der Waals surface area contributed by atoms with E-state index in [2.05, 4.69) is 96.8 Å². The normalized spacial score (nSPS) is 11.2. The molecule has 134 valence electrons. The minimum atomic E-state index is 0.970. The Hall–Kier alpha value is -3.52. The molecule has 28 heavy (non-hydrogen) atoms. The maximum Gasteiger partial charge on any atom is 0.102 e. The zero-order valence-electron chi connectivity index (χ0n) is 16.0. The van der Waals surface area contributed by atoms with Gasteiger partial charge < -0.3 is 0 Å². The van der Waals surface area contributed by atoms with E-state index < -0.39 is 0 Å². The van der Waals surface area contributed by atoms with Crippen LogP contribution in [0.25, 0.3) is 43.9 Å². The predicted molar refractivity (Wildman–Crippen MR) is 117 cm³/mol. The quantitative estimate of drug-likeness (QED) is 0.326. The number of hydrogen-bond donors (Lipinski definition) is 0. The van der Waals surface area contributed by atoms with E-state index in [9.17, 15) is 0 Å². The van der Waals surface area contributed by atoms with Crippen molar-refractivity contribution < 1.29 is 0 Å². The lowest BCUT2D eigenvalue weighted by molar-refractivity contribution is 1.08. The van der Waals surface area contributed by atoms with Gasteiger partial charge in [-0.2, -0.15) is 5.10 Å². The first kappa shape index (κ1) is 16.6. The molecule has 4 aromatic carbocycles. The molecule has 2 heteroatoms. The fourth-order valence-electron chi connectivity index (χ4n) is 4.03. The fraction of sp³-hybridized carbons (Fsp3) is 0.0769. The van der Waals surface area contributed by atoms with Gasteiger partial charge in [0, 0.05) is 16.3 Å². The molecule has 0 amide bonds. The molecule has 0 saturated heterocycles. The molecule has 0 radical (unpaired) electrons. The summed E-state index contributed by atoms with van der Waals surface area (Å²) in [5, 5.41) is 12.5. The van der Waals surface area contributed by atoms with E-state index in [1.165, 1.54) is 33.0 Å². The zero-order chi connectivity index (χ0) is 19.1. The molecule has 5 rings (SSSR count). The standard InChI is InChI=1S/C26H20N2/c1-17-15-23(19-9-5-3-6-10-19)21-13-14-22-24(20-11-7-4-8-12-20)16-27-28-26(22)25(21)18(17)2/h3-16H,1-2H3. The molecule has 0 aliphatic heterocycles. The Bertz CT molecular complexity index is 1310. The van der Waals surface area contributed by atoms with Gasteiger partial charge in [0.2, 0.25) is 0 Å². The Morgan fingerprint density at radius 2 is 1.25 bits per heavy atom. The molecule has 5 aromatic rings. The summed E-state index contributed by atoms with van der Waals surface area (Å²) >= 11 is 0. The third kappa shape index (κ3) is 2.57. The topological polar surface area (TPSA) is 25.8 Å². The number of hydrogen-bond acceptors (Lipinski definition) is 2. The summed E-state index contributed by atoms with van der Waals surface area (Å²) in [4.78, 5) is 0. The SMILES string of the molecule is Cc1cc(-c2ccccc2)c2ccc3c(-c4ccccc4)cnnc3c2c1C. The van der Waals surface area contributed by atoms with Crippen LogP contribution in [0.5, 0.6) is 0 Å². The fourth-order valence-corrected chi connectivity index (χ4v) is 4.03. The van der Waals surface area contributed by atoms with Crippen LogP contribution in [-0.4, -0.2) is 10.2 Å². The Labute approximate surface area is 164 Å². The van der Waals surface area contributed by atoms with Crippen molar-refractivity contribution in [3.8, 4) is 22.3 Å². The van der Waals surface area contributed by atoms with Crippen LogP contribution in [0.2, 0.25) is 0 Å². The summed E-state index contributed by atoms with van der Waals surface area (Å²) in [5.41, 5.74) is 8.25. The molecule has 0 atom stereocenters. The molecule has 0 N–H and O–H groups in total. The molecule has 1 aromatic heterocycles. The van der Waals surface area contributed by atoms with Crippen molar-refractivity contribution in [1.82, 2.24) is 10.2 Å². The first-order valence-electron chi connectivity index (χ1n) is 9.53. The minimum Gasteiger partial charge on any atom is -0.158 e. The average molecular weight is 360 g/mol. The summed E-state index contributed by atoms with van der Waals surface area (Å²) in [6, 6.07) is 27.7. The number of nitrogens with zero attached hydrogens (tertiary/aromatic N) is 2. The van der Waals surface area contributed by atoms with Gasteiger partial charge in [-0.05, 0) is 47.1 Å². The number of aryl methyl sites for hydroxylation is 2. The van der Waals surface area contributed by atoms with Crippen LogP contribution >= 0.6 is 0 Å². The van der Waals surface area contributed by atoms with Crippen LogP contribution in [0.3, 0.4) is 0 Å². The van der Waals surface area contributed by atoms with Gasteiger partial charge in [0.15, 0.2) is 0 Å². The van der Waals surface area contributed by atoms with Crippen LogP contribution < -0.4 is 0 Å². The van der Waals surface area contributed by atoms with Gasteiger partial charge in [-0.25, -0.2) is 0 Å². The first-order chi connectivity index (χ1) is 13.7. The highest BCUT2D eigenvalue weighted by atomic mass is 15.1.